The lowest BCUT2D eigenvalue weighted by atomic mass is 10.0. The fourth-order valence-corrected chi connectivity index (χ4v) is 3.72. The van der Waals surface area contributed by atoms with Gasteiger partial charge >= 0.3 is 0 Å². The number of hydrogen-bond donors (Lipinski definition) is 1. The first-order valence-electron chi connectivity index (χ1n) is 9.29. The van der Waals surface area contributed by atoms with E-state index in [1.165, 1.54) is 0 Å². The highest BCUT2D eigenvalue weighted by Crippen LogP contribution is 2.24. The number of carbonyl (C=O) groups excluding carboxylic acids is 1. The van der Waals surface area contributed by atoms with E-state index >= 15 is 0 Å². The maximum atomic E-state index is 12.9. The molecule has 0 bridgehead atoms. The molecular weight excluding hydrogens is 328 g/mol. The lowest BCUT2D eigenvalue weighted by Crippen LogP contribution is -2.35. The summed E-state index contributed by atoms with van der Waals surface area (Å²) in [6.45, 7) is 3.01. The van der Waals surface area contributed by atoms with Crippen LogP contribution in [-0.4, -0.2) is 43.6 Å². The minimum absolute atomic E-state index is 0.196. The van der Waals surface area contributed by atoms with Crippen LogP contribution in [-0.2, 0) is 17.9 Å². The van der Waals surface area contributed by atoms with Gasteiger partial charge in [0.2, 0.25) is 11.9 Å². The van der Waals surface area contributed by atoms with E-state index in [4.69, 9.17) is 0 Å². The number of rotatable bonds is 5. The predicted molar refractivity (Wildman–Crippen MR) is 98.2 cm³/mol. The molecule has 2 aromatic heterocycles. The number of amides is 1. The van der Waals surface area contributed by atoms with Gasteiger partial charge in [-0.1, -0.05) is 6.08 Å². The van der Waals surface area contributed by atoms with Crippen molar-refractivity contribution in [3.63, 3.8) is 0 Å². The Morgan fingerprint density at radius 2 is 2.12 bits per heavy atom. The molecule has 1 atom stereocenters. The molecule has 0 unspecified atom stereocenters. The third-order valence-corrected chi connectivity index (χ3v) is 5.07. The van der Waals surface area contributed by atoms with Gasteiger partial charge in [-0.3, -0.25) is 9.48 Å². The molecule has 4 rings (SSSR count). The van der Waals surface area contributed by atoms with E-state index in [9.17, 15) is 4.79 Å². The molecule has 7 nitrogen and oxygen atoms in total. The largest absolute Gasteiger partial charge is 0.354 e. The Bertz CT molecular complexity index is 784. The number of allylic oxidation sites excluding steroid dienone is 1. The minimum Gasteiger partial charge on any atom is -0.354 e. The molecule has 7 heteroatoms. The molecule has 1 aliphatic heterocycles. The second-order valence-corrected chi connectivity index (χ2v) is 6.97. The Hall–Kier alpha value is -2.70. The second kappa shape index (κ2) is 7.68. The van der Waals surface area contributed by atoms with Gasteiger partial charge < -0.3 is 10.2 Å². The molecule has 2 aromatic rings. The molecule has 1 aliphatic carbocycles. The Labute approximate surface area is 153 Å². The Balaban J connectivity index is 1.43. The van der Waals surface area contributed by atoms with E-state index in [1.807, 2.05) is 21.8 Å². The summed E-state index contributed by atoms with van der Waals surface area (Å²) in [5, 5.41) is 7.71. The number of aromatic nitrogens is 4. The van der Waals surface area contributed by atoms with Crippen molar-refractivity contribution in [2.75, 3.05) is 18.4 Å². The summed E-state index contributed by atoms with van der Waals surface area (Å²) < 4.78 is 2.04. The smallest absolute Gasteiger partial charge is 0.249 e. The lowest BCUT2D eigenvalue weighted by Gasteiger charge is -2.24. The summed E-state index contributed by atoms with van der Waals surface area (Å²) in [5.74, 6) is 1.18. The van der Waals surface area contributed by atoms with Crippen molar-refractivity contribution >= 4 is 11.9 Å². The number of nitrogens with one attached hydrogen (secondary N) is 1. The molecule has 3 heterocycles. The van der Waals surface area contributed by atoms with Crippen LogP contribution in [0.2, 0.25) is 0 Å². The standard InChI is InChI=1S/C19H24N6O/c26-18(16-4-1-2-5-16)24-12-15(13-25-17(14-24)7-11-23-25)6-10-22-19-20-8-3-9-21-19/h3-4,7-9,11,15H,1-2,5-6,10,12-14H2,(H,20,21,22)/t15-/m0/s1. The molecule has 1 N–H and O–H groups in total. The summed E-state index contributed by atoms with van der Waals surface area (Å²) in [5.41, 5.74) is 2.09. The van der Waals surface area contributed by atoms with Gasteiger partial charge in [0.15, 0.2) is 0 Å². The van der Waals surface area contributed by atoms with Crippen LogP contribution >= 0.6 is 0 Å². The van der Waals surface area contributed by atoms with Crippen molar-refractivity contribution in [3.05, 3.63) is 48.1 Å². The molecule has 26 heavy (non-hydrogen) atoms. The van der Waals surface area contributed by atoms with Crippen LogP contribution in [0.1, 0.15) is 31.4 Å². The first-order valence-corrected chi connectivity index (χ1v) is 9.29. The van der Waals surface area contributed by atoms with E-state index in [0.29, 0.717) is 18.4 Å². The van der Waals surface area contributed by atoms with Crippen LogP contribution in [0.3, 0.4) is 0 Å². The van der Waals surface area contributed by atoms with Crippen LogP contribution in [0.4, 0.5) is 5.95 Å². The van der Waals surface area contributed by atoms with Crippen molar-refractivity contribution in [1.29, 1.82) is 0 Å². The molecule has 0 fully saturated rings. The average molecular weight is 352 g/mol. The summed E-state index contributed by atoms with van der Waals surface area (Å²) in [4.78, 5) is 23.3. The van der Waals surface area contributed by atoms with Crippen LogP contribution in [0.25, 0.3) is 0 Å². The summed E-state index contributed by atoms with van der Waals surface area (Å²) in [7, 11) is 0. The fourth-order valence-electron chi connectivity index (χ4n) is 3.72. The van der Waals surface area contributed by atoms with E-state index < -0.39 is 0 Å². The van der Waals surface area contributed by atoms with Gasteiger partial charge in [0.1, 0.15) is 0 Å². The molecule has 1 amide bonds. The Morgan fingerprint density at radius 1 is 1.23 bits per heavy atom. The molecular formula is C19H24N6O. The maximum absolute atomic E-state index is 12.9. The topological polar surface area (TPSA) is 75.9 Å². The Kier molecular flexibility index (Phi) is 4.95. The van der Waals surface area contributed by atoms with Gasteiger partial charge in [-0.25, -0.2) is 9.97 Å². The second-order valence-electron chi connectivity index (χ2n) is 6.97. The molecule has 2 aliphatic rings. The number of fused-ring (bicyclic) bond motifs is 1. The normalized spacial score (nSPS) is 19.6. The van der Waals surface area contributed by atoms with Gasteiger partial charge in [-0.2, -0.15) is 5.10 Å². The third-order valence-electron chi connectivity index (χ3n) is 5.07. The van der Waals surface area contributed by atoms with Crippen molar-refractivity contribution in [3.8, 4) is 0 Å². The molecule has 0 aromatic carbocycles. The first kappa shape index (κ1) is 16.8. The van der Waals surface area contributed by atoms with Gasteiger partial charge in [0.25, 0.3) is 0 Å². The molecule has 0 saturated carbocycles. The number of nitrogens with zero attached hydrogens (tertiary/aromatic N) is 5. The third kappa shape index (κ3) is 3.76. The van der Waals surface area contributed by atoms with Crippen LogP contribution in [0, 0.1) is 5.92 Å². The summed E-state index contributed by atoms with van der Waals surface area (Å²) >= 11 is 0. The molecule has 0 saturated heterocycles. The highest BCUT2D eigenvalue weighted by Gasteiger charge is 2.27. The zero-order valence-electron chi connectivity index (χ0n) is 14.8. The van der Waals surface area contributed by atoms with Crippen LogP contribution in [0.5, 0.6) is 0 Å². The monoisotopic (exact) mass is 352 g/mol. The highest BCUT2D eigenvalue weighted by atomic mass is 16.2. The van der Waals surface area contributed by atoms with Crippen LogP contribution < -0.4 is 5.32 Å². The van der Waals surface area contributed by atoms with E-state index in [2.05, 4.69) is 26.5 Å². The molecule has 0 spiro atoms. The van der Waals surface area contributed by atoms with Crippen molar-refractivity contribution in [2.24, 2.45) is 5.92 Å². The van der Waals surface area contributed by atoms with Crippen LogP contribution in [0.15, 0.2) is 42.4 Å². The molecule has 0 radical (unpaired) electrons. The van der Waals surface area contributed by atoms with E-state index in [0.717, 1.165) is 56.6 Å². The quantitative estimate of drug-likeness (QED) is 0.893. The predicted octanol–water partition coefficient (Wildman–Crippen LogP) is 2.24. The summed E-state index contributed by atoms with van der Waals surface area (Å²) in [6, 6.07) is 3.82. The van der Waals surface area contributed by atoms with Crippen molar-refractivity contribution in [2.45, 2.75) is 38.8 Å². The minimum atomic E-state index is 0.196. The lowest BCUT2D eigenvalue weighted by molar-refractivity contribution is -0.128. The van der Waals surface area contributed by atoms with Gasteiger partial charge in [-0.05, 0) is 43.7 Å². The number of anilines is 1. The van der Waals surface area contributed by atoms with E-state index in [1.54, 1.807) is 18.5 Å². The van der Waals surface area contributed by atoms with E-state index in [-0.39, 0.29) is 5.91 Å². The maximum Gasteiger partial charge on any atom is 0.249 e. The number of carbonyl (C=O) groups is 1. The number of hydrogen-bond acceptors (Lipinski definition) is 5. The van der Waals surface area contributed by atoms with Crippen molar-refractivity contribution in [1.82, 2.24) is 24.6 Å². The van der Waals surface area contributed by atoms with Gasteiger partial charge in [0.05, 0.1) is 12.2 Å². The van der Waals surface area contributed by atoms with Gasteiger partial charge in [-0.15, -0.1) is 0 Å². The SMILES string of the molecule is O=C(C1=CCCC1)N1Cc2ccnn2C[C@@H](CCNc2ncccn2)C1. The average Bonchev–Trinajstić information content (AvgIpc) is 3.31. The highest BCUT2D eigenvalue weighted by molar-refractivity contribution is 5.93. The summed E-state index contributed by atoms with van der Waals surface area (Å²) in [6.07, 6.45) is 11.3. The first-order chi connectivity index (χ1) is 12.8. The molecule has 136 valence electrons. The van der Waals surface area contributed by atoms with Crippen molar-refractivity contribution < 1.29 is 4.79 Å². The fraction of sp³-hybridized carbons (Fsp3) is 0.474. The Morgan fingerprint density at radius 3 is 2.92 bits per heavy atom. The zero-order valence-corrected chi connectivity index (χ0v) is 14.8. The van der Waals surface area contributed by atoms with Gasteiger partial charge in [0, 0.05) is 43.8 Å². The zero-order chi connectivity index (χ0) is 17.8.